The molecule has 2 heteroatoms. The van der Waals surface area contributed by atoms with Gasteiger partial charge in [-0.1, -0.05) is 25.5 Å². The van der Waals surface area contributed by atoms with Gasteiger partial charge < -0.3 is 4.74 Å². The molecule has 0 bridgehead atoms. The van der Waals surface area contributed by atoms with Crippen LogP contribution in [-0.2, 0) is 9.53 Å². The average Bonchev–Trinajstić information content (AvgIpc) is 2.48. The molecule has 0 N–H and O–H groups in total. The molecule has 1 fully saturated rings. The number of carbonyl (C=O) groups is 1. The van der Waals surface area contributed by atoms with Gasteiger partial charge in [-0.3, -0.25) is 4.79 Å². The lowest BCUT2D eigenvalue weighted by atomic mass is 10.1. The first-order valence-electron chi connectivity index (χ1n) is 5.14. The number of hydrogen-bond donors (Lipinski definition) is 0. The fourth-order valence-corrected chi connectivity index (χ4v) is 2.00. The molecule has 1 rings (SSSR count). The SMILES string of the molecule is CC(=O)OC[C@H]1[C@H](C=C(C)C)C1(C)C. The van der Waals surface area contributed by atoms with E-state index in [1.807, 2.05) is 0 Å². The number of carbonyl (C=O) groups excluding carboxylic acids is 1. The molecule has 1 aliphatic rings. The van der Waals surface area contributed by atoms with E-state index in [1.54, 1.807) is 0 Å². The van der Waals surface area contributed by atoms with E-state index in [4.69, 9.17) is 4.74 Å². The zero-order valence-corrected chi connectivity index (χ0v) is 9.76. The van der Waals surface area contributed by atoms with Crippen LogP contribution >= 0.6 is 0 Å². The standard InChI is InChI=1S/C12H20O2/c1-8(2)6-10-11(12(10,4)5)7-14-9(3)13/h6,10-11H,7H2,1-5H3/t10-,11-/m0/s1. The summed E-state index contributed by atoms with van der Waals surface area (Å²) in [6, 6.07) is 0. The molecule has 0 saturated heterocycles. The number of allylic oxidation sites excluding steroid dienone is 2. The second kappa shape index (κ2) is 3.76. The summed E-state index contributed by atoms with van der Waals surface area (Å²) in [5.74, 6) is 0.900. The molecule has 2 nitrogen and oxygen atoms in total. The third-order valence-corrected chi connectivity index (χ3v) is 3.12. The van der Waals surface area contributed by atoms with Crippen LogP contribution in [0.4, 0.5) is 0 Å². The Morgan fingerprint density at radius 3 is 2.36 bits per heavy atom. The topological polar surface area (TPSA) is 26.3 Å². The highest BCUT2D eigenvalue weighted by Crippen LogP contribution is 2.59. The van der Waals surface area contributed by atoms with Crippen molar-refractivity contribution in [2.24, 2.45) is 17.3 Å². The summed E-state index contributed by atoms with van der Waals surface area (Å²) in [5, 5.41) is 0. The smallest absolute Gasteiger partial charge is 0.302 e. The summed E-state index contributed by atoms with van der Waals surface area (Å²) in [4.78, 5) is 10.7. The lowest BCUT2D eigenvalue weighted by molar-refractivity contribution is -0.141. The zero-order valence-electron chi connectivity index (χ0n) is 9.76. The predicted octanol–water partition coefficient (Wildman–Crippen LogP) is 2.79. The van der Waals surface area contributed by atoms with Gasteiger partial charge in [0.2, 0.25) is 0 Å². The lowest BCUT2D eigenvalue weighted by Crippen LogP contribution is -2.05. The van der Waals surface area contributed by atoms with Gasteiger partial charge >= 0.3 is 5.97 Å². The summed E-state index contributed by atoms with van der Waals surface area (Å²) >= 11 is 0. The quantitative estimate of drug-likeness (QED) is 0.512. The van der Waals surface area contributed by atoms with Crippen molar-refractivity contribution in [3.63, 3.8) is 0 Å². The van der Waals surface area contributed by atoms with Gasteiger partial charge in [-0.2, -0.15) is 0 Å². The number of rotatable bonds is 3. The maximum atomic E-state index is 10.7. The summed E-state index contributed by atoms with van der Waals surface area (Å²) in [7, 11) is 0. The van der Waals surface area contributed by atoms with Gasteiger partial charge in [0.25, 0.3) is 0 Å². The van der Waals surface area contributed by atoms with Crippen LogP contribution in [0, 0.1) is 17.3 Å². The van der Waals surface area contributed by atoms with E-state index in [0.29, 0.717) is 23.9 Å². The molecule has 0 aliphatic heterocycles. The van der Waals surface area contributed by atoms with Gasteiger partial charge in [0.15, 0.2) is 0 Å². The minimum atomic E-state index is -0.177. The fraction of sp³-hybridized carbons (Fsp3) is 0.750. The number of hydrogen-bond acceptors (Lipinski definition) is 2. The molecule has 80 valence electrons. The molecule has 1 saturated carbocycles. The Morgan fingerprint density at radius 2 is 1.93 bits per heavy atom. The lowest BCUT2D eigenvalue weighted by Gasteiger charge is -2.02. The van der Waals surface area contributed by atoms with E-state index in [-0.39, 0.29) is 5.97 Å². The molecule has 2 atom stereocenters. The Kier molecular flexibility index (Phi) is 3.03. The van der Waals surface area contributed by atoms with E-state index in [9.17, 15) is 4.79 Å². The van der Waals surface area contributed by atoms with Crippen LogP contribution in [0.25, 0.3) is 0 Å². The number of ether oxygens (including phenoxy) is 1. The molecule has 1 aliphatic carbocycles. The minimum Gasteiger partial charge on any atom is -0.466 e. The van der Waals surface area contributed by atoms with Crippen LogP contribution in [0.15, 0.2) is 11.6 Å². The van der Waals surface area contributed by atoms with Crippen LogP contribution in [0.5, 0.6) is 0 Å². The van der Waals surface area contributed by atoms with Crippen LogP contribution in [0.3, 0.4) is 0 Å². The monoisotopic (exact) mass is 196 g/mol. The summed E-state index contributed by atoms with van der Waals surface area (Å²) < 4.78 is 5.05. The fourth-order valence-electron chi connectivity index (χ4n) is 2.00. The Bertz CT molecular complexity index is 259. The molecule has 0 aromatic carbocycles. The molecular formula is C12H20O2. The molecule has 0 radical (unpaired) electrons. The highest BCUT2D eigenvalue weighted by molar-refractivity contribution is 5.65. The Morgan fingerprint density at radius 1 is 1.36 bits per heavy atom. The molecular weight excluding hydrogens is 176 g/mol. The van der Waals surface area contributed by atoms with E-state index in [2.05, 4.69) is 33.8 Å². The minimum absolute atomic E-state index is 0.177. The van der Waals surface area contributed by atoms with Crippen molar-refractivity contribution >= 4 is 5.97 Å². The van der Waals surface area contributed by atoms with E-state index in [1.165, 1.54) is 12.5 Å². The maximum absolute atomic E-state index is 10.7. The molecule has 0 amide bonds. The van der Waals surface area contributed by atoms with Crippen LogP contribution in [0.2, 0.25) is 0 Å². The second-order valence-corrected chi connectivity index (χ2v) is 5.00. The Balaban J connectivity index is 2.49. The molecule has 0 aromatic heterocycles. The van der Waals surface area contributed by atoms with Crippen molar-refractivity contribution in [3.8, 4) is 0 Å². The third kappa shape index (κ3) is 2.37. The molecule has 14 heavy (non-hydrogen) atoms. The van der Waals surface area contributed by atoms with Gasteiger partial charge in [0.1, 0.15) is 0 Å². The first kappa shape index (κ1) is 11.3. The third-order valence-electron chi connectivity index (χ3n) is 3.12. The van der Waals surface area contributed by atoms with Crippen LogP contribution < -0.4 is 0 Å². The van der Waals surface area contributed by atoms with E-state index < -0.39 is 0 Å². The molecule has 0 aromatic rings. The van der Waals surface area contributed by atoms with Crippen LogP contribution in [0.1, 0.15) is 34.6 Å². The van der Waals surface area contributed by atoms with Gasteiger partial charge in [-0.25, -0.2) is 0 Å². The van der Waals surface area contributed by atoms with Crippen LogP contribution in [-0.4, -0.2) is 12.6 Å². The van der Waals surface area contributed by atoms with E-state index >= 15 is 0 Å². The van der Waals surface area contributed by atoms with Gasteiger partial charge in [-0.15, -0.1) is 0 Å². The Hall–Kier alpha value is -0.790. The summed E-state index contributed by atoms with van der Waals surface area (Å²) in [6.45, 7) is 10.7. The molecule has 0 heterocycles. The van der Waals surface area contributed by atoms with Crippen molar-refractivity contribution < 1.29 is 9.53 Å². The largest absolute Gasteiger partial charge is 0.466 e. The zero-order chi connectivity index (χ0) is 10.9. The van der Waals surface area contributed by atoms with Crippen molar-refractivity contribution in [3.05, 3.63) is 11.6 Å². The molecule has 0 unspecified atom stereocenters. The van der Waals surface area contributed by atoms with Gasteiger partial charge in [0, 0.05) is 12.8 Å². The van der Waals surface area contributed by atoms with Crippen molar-refractivity contribution in [1.29, 1.82) is 0 Å². The average molecular weight is 196 g/mol. The van der Waals surface area contributed by atoms with Gasteiger partial charge in [0.05, 0.1) is 6.61 Å². The molecule has 0 spiro atoms. The van der Waals surface area contributed by atoms with Crippen molar-refractivity contribution in [2.45, 2.75) is 34.6 Å². The maximum Gasteiger partial charge on any atom is 0.302 e. The van der Waals surface area contributed by atoms with Crippen molar-refractivity contribution in [2.75, 3.05) is 6.61 Å². The summed E-state index contributed by atoms with van der Waals surface area (Å²) in [5.41, 5.74) is 1.64. The normalized spacial score (nSPS) is 28.1. The first-order valence-corrected chi connectivity index (χ1v) is 5.14. The predicted molar refractivity (Wildman–Crippen MR) is 56.8 cm³/mol. The number of esters is 1. The van der Waals surface area contributed by atoms with E-state index in [0.717, 1.165) is 0 Å². The Labute approximate surface area is 86.3 Å². The van der Waals surface area contributed by atoms with Gasteiger partial charge in [-0.05, 0) is 25.2 Å². The highest BCUT2D eigenvalue weighted by atomic mass is 16.5. The second-order valence-electron chi connectivity index (χ2n) is 5.00. The summed E-state index contributed by atoms with van der Waals surface area (Å²) in [6.07, 6.45) is 2.29. The highest BCUT2D eigenvalue weighted by Gasteiger charge is 2.56. The first-order chi connectivity index (χ1) is 6.35. The van der Waals surface area contributed by atoms with Crippen molar-refractivity contribution in [1.82, 2.24) is 0 Å².